The fourth-order valence-electron chi connectivity index (χ4n) is 2.72. The van der Waals surface area contributed by atoms with Crippen LogP contribution in [0.2, 0.25) is 0 Å². The molecule has 3 rings (SSSR count). The molecule has 24 heavy (non-hydrogen) atoms. The van der Waals surface area contributed by atoms with Crippen LogP contribution in [0.4, 0.5) is 10.1 Å². The molecule has 2 heterocycles. The molecule has 1 aliphatic heterocycles. The molecule has 0 aliphatic carbocycles. The lowest BCUT2D eigenvalue weighted by Gasteiger charge is -2.38. The van der Waals surface area contributed by atoms with Crippen molar-refractivity contribution in [3.63, 3.8) is 0 Å². The Balaban J connectivity index is 1.90. The maximum absolute atomic E-state index is 14.2. The Hall–Kier alpha value is -2.74. The maximum atomic E-state index is 14.2. The minimum Gasteiger partial charge on any atom is -0.356 e. The summed E-state index contributed by atoms with van der Waals surface area (Å²) in [6, 6.07) is 5.20. The SMILES string of the molecule is CN1C(=O)CO[C@@H](C(=O)Nc2cnn(C)c2)[C@@H]1c1ccccc1F. The van der Waals surface area contributed by atoms with Crippen LogP contribution in [0.25, 0.3) is 0 Å². The average Bonchev–Trinajstić information content (AvgIpc) is 2.95. The smallest absolute Gasteiger partial charge is 0.256 e. The average molecular weight is 332 g/mol. The minimum absolute atomic E-state index is 0.230. The van der Waals surface area contributed by atoms with Crippen molar-refractivity contribution in [3.8, 4) is 0 Å². The molecule has 1 aromatic heterocycles. The second kappa shape index (κ2) is 6.40. The first-order valence-electron chi connectivity index (χ1n) is 7.38. The summed E-state index contributed by atoms with van der Waals surface area (Å²) >= 11 is 0. The summed E-state index contributed by atoms with van der Waals surface area (Å²) in [6.45, 7) is -0.230. The van der Waals surface area contributed by atoms with E-state index in [1.807, 2.05) is 0 Å². The topological polar surface area (TPSA) is 76.5 Å². The van der Waals surface area contributed by atoms with Gasteiger partial charge in [-0.15, -0.1) is 0 Å². The lowest BCUT2D eigenvalue weighted by atomic mass is 9.97. The first-order chi connectivity index (χ1) is 11.5. The van der Waals surface area contributed by atoms with Crippen LogP contribution in [0.5, 0.6) is 0 Å². The van der Waals surface area contributed by atoms with Crippen molar-refractivity contribution in [3.05, 3.63) is 48.0 Å². The van der Waals surface area contributed by atoms with Crippen molar-refractivity contribution in [2.75, 3.05) is 19.0 Å². The van der Waals surface area contributed by atoms with E-state index in [0.717, 1.165) is 0 Å². The first kappa shape index (κ1) is 16.1. The summed E-state index contributed by atoms with van der Waals surface area (Å²) in [6.07, 6.45) is 2.10. The molecule has 126 valence electrons. The number of hydrogen-bond acceptors (Lipinski definition) is 4. The number of aromatic nitrogens is 2. The number of ether oxygens (including phenoxy) is 1. The standard InChI is InChI=1S/C16H17FN4O3/c1-20-8-10(7-18-20)19-16(23)15-14(21(2)13(22)9-24-15)11-5-3-4-6-12(11)17/h3-8,14-15H,9H2,1-2H3,(H,19,23)/t14-,15+/m0/s1. The highest BCUT2D eigenvalue weighted by Gasteiger charge is 2.41. The Morgan fingerprint density at radius 1 is 1.38 bits per heavy atom. The van der Waals surface area contributed by atoms with Crippen LogP contribution >= 0.6 is 0 Å². The van der Waals surface area contributed by atoms with Crippen molar-refractivity contribution in [2.45, 2.75) is 12.1 Å². The van der Waals surface area contributed by atoms with Gasteiger partial charge in [-0.3, -0.25) is 14.3 Å². The summed E-state index contributed by atoms with van der Waals surface area (Å²) in [7, 11) is 3.26. The first-order valence-corrected chi connectivity index (χ1v) is 7.38. The zero-order valence-electron chi connectivity index (χ0n) is 13.3. The van der Waals surface area contributed by atoms with Crippen LogP contribution in [0, 0.1) is 5.82 Å². The molecule has 2 amide bonds. The molecular weight excluding hydrogens is 315 g/mol. The van der Waals surface area contributed by atoms with Gasteiger partial charge in [0.25, 0.3) is 5.91 Å². The fraction of sp³-hybridized carbons (Fsp3) is 0.312. The number of aryl methyl sites for hydroxylation is 1. The maximum Gasteiger partial charge on any atom is 0.256 e. The highest BCUT2D eigenvalue weighted by Crippen LogP contribution is 2.31. The number of nitrogens with one attached hydrogen (secondary N) is 1. The number of carbonyl (C=O) groups excluding carboxylic acids is 2. The number of halogens is 1. The van der Waals surface area contributed by atoms with E-state index in [1.54, 1.807) is 36.1 Å². The van der Waals surface area contributed by atoms with Crippen LogP contribution in [-0.2, 0) is 21.4 Å². The summed E-state index contributed by atoms with van der Waals surface area (Å²) in [4.78, 5) is 25.9. The molecule has 0 saturated carbocycles. The molecule has 1 aliphatic rings. The summed E-state index contributed by atoms with van der Waals surface area (Å²) in [5, 5.41) is 6.65. The third-order valence-electron chi connectivity index (χ3n) is 3.94. The second-order valence-electron chi connectivity index (χ2n) is 5.59. The van der Waals surface area contributed by atoms with Crippen molar-refractivity contribution >= 4 is 17.5 Å². The zero-order valence-corrected chi connectivity index (χ0v) is 13.3. The predicted molar refractivity (Wildman–Crippen MR) is 83.5 cm³/mol. The van der Waals surface area contributed by atoms with Crippen LogP contribution in [0.3, 0.4) is 0 Å². The number of likely N-dealkylation sites (N-methyl/N-ethyl adjacent to an activating group) is 1. The monoisotopic (exact) mass is 332 g/mol. The van der Waals surface area contributed by atoms with E-state index < -0.39 is 23.9 Å². The van der Waals surface area contributed by atoms with Crippen LogP contribution < -0.4 is 5.32 Å². The number of amides is 2. The molecule has 8 heteroatoms. The molecule has 1 aromatic carbocycles. The number of rotatable bonds is 3. The van der Waals surface area contributed by atoms with Crippen molar-refractivity contribution in [1.29, 1.82) is 0 Å². The molecule has 2 atom stereocenters. The molecular formula is C16H17FN4O3. The number of anilines is 1. The predicted octanol–water partition coefficient (Wildman–Crippen LogP) is 1.10. The largest absolute Gasteiger partial charge is 0.356 e. The van der Waals surface area contributed by atoms with Crippen LogP contribution in [-0.4, -0.2) is 46.3 Å². The Morgan fingerprint density at radius 2 is 2.12 bits per heavy atom. The van der Waals surface area contributed by atoms with Gasteiger partial charge in [0.2, 0.25) is 5.91 Å². The fourth-order valence-corrected chi connectivity index (χ4v) is 2.72. The van der Waals surface area contributed by atoms with Gasteiger partial charge in [-0.05, 0) is 6.07 Å². The number of carbonyl (C=O) groups is 2. The summed E-state index contributed by atoms with van der Waals surface area (Å²) in [5.74, 6) is -1.27. The molecule has 0 spiro atoms. The van der Waals surface area contributed by atoms with E-state index in [2.05, 4.69) is 10.4 Å². The van der Waals surface area contributed by atoms with Crippen molar-refractivity contribution in [2.24, 2.45) is 7.05 Å². The Morgan fingerprint density at radius 3 is 2.79 bits per heavy atom. The molecule has 1 N–H and O–H groups in total. The third kappa shape index (κ3) is 3.00. The summed E-state index contributed by atoms with van der Waals surface area (Å²) < 4.78 is 21.2. The van der Waals surface area contributed by atoms with Gasteiger partial charge in [-0.25, -0.2) is 4.39 Å². The molecule has 0 bridgehead atoms. The Labute approximate surface area is 138 Å². The van der Waals surface area contributed by atoms with Gasteiger partial charge in [-0.1, -0.05) is 18.2 Å². The van der Waals surface area contributed by atoms with Crippen LogP contribution in [0.15, 0.2) is 36.7 Å². The lowest BCUT2D eigenvalue weighted by Crippen LogP contribution is -2.51. The van der Waals surface area contributed by atoms with Gasteiger partial charge in [0.1, 0.15) is 12.4 Å². The highest BCUT2D eigenvalue weighted by molar-refractivity contribution is 5.96. The van der Waals surface area contributed by atoms with E-state index >= 15 is 0 Å². The van der Waals surface area contributed by atoms with Gasteiger partial charge in [0, 0.05) is 25.9 Å². The second-order valence-corrected chi connectivity index (χ2v) is 5.59. The number of morpholine rings is 1. The van der Waals surface area contributed by atoms with E-state index in [-0.39, 0.29) is 18.1 Å². The lowest BCUT2D eigenvalue weighted by molar-refractivity contribution is -0.160. The van der Waals surface area contributed by atoms with Crippen molar-refractivity contribution < 1.29 is 18.7 Å². The van der Waals surface area contributed by atoms with E-state index in [9.17, 15) is 14.0 Å². The summed E-state index contributed by atoms with van der Waals surface area (Å²) in [5.41, 5.74) is 0.734. The van der Waals surface area contributed by atoms with E-state index in [1.165, 1.54) is 24.2 Å². The van der Waals surface area contributed by atoms with Gasteiger partial charge in [-0.2, -0.15) is 5.10 Å². The third-order valence-corrected chi connectivity index (χ3v) is 3.94. The van der Waals surface area contributed by atoms with Gasteiger partial charge in [0.15, 0.2) is 6.10 Å². The van der Waals surface area contributed by atoms with E-state index in [4.69, 9.17) is 4.74 Å². The van der Waals surface area contributed by atoms with Gasteiger partial charge < -0.3 is 15.0 Å². The number of nitrogens with zero attached hydrogens (tertiary/aromatic N) is 3. The molecule has 2 aromatic rings. The quantitative estimate of drug-likeness (QED) is 0.913. The Bertz CT molecular complexity index is 776. The number of benzene rings is 1. The highest BCUT2D eigenvalue weighted by atomic mass is 19.1. The molecule has 1 fully saturated rings. The number of hydrogen-bond donors (Lipinski definition) is 1. The minimum atomic E-state index is -1.02. The normalized spacial score (nSPS) is 21.0. The van der Waals surface area contributed by atoms with Gasteiger partial charge >= 0.3 is 0 Å². The van der Waals surface area contributed by atoms with Gasteiger partial charge in [0.05, 0.1) is 17.9 Å². The zero-order chi connectivity index (χ0) is 17.3. The van der Waals surface area contributed by atoms with E-state index in [0.29, 0.717) is 5.69 Å². The van der Waals surface area contributed by atoms with Crippen LogP contribution in [0.1, 0.15) is 11.6 Å². The van der Waals surface area contributed by atoms with Crippen molar-refractivity contribution in [1.82, 2.24) is 14.7 Å². The molecule has 1 saturated heterocycles. The Kier molecular flexibility index (Phi) is 4.30. The molecule has 0 radical (unpaired) electrons. The molecule has 0 unspecified atom stereocenters. The molecule has 7 nitrogen and oxygen atoms in total.